The Labute approximate surface area is 114 Å². The standard InChI is InChI=1S/C15H21ClFN/c1-2-18-15-6-4-3-5-12(15)9-11-7-8-13(17)10-14(11)16/h7-8,10,12,15,18H,2-6,9H2,1H3. The molecule has 1 N–H and O–H groups in total. The normalized spacial score (nSPS) is 24.2. The van der Waals surface area contributed by atoms with Gasteiger partial charge < -0.3 is 5.32 Å². The lowest BCUT2D eigenvalue weighted by molar-refractivity contribution is 0.264. The van der Waals surface area contributed by atoms with Gasteiger partial charge in [0.1, 0.15) is 5.82 Å². The third-order valence-corrected chi connectivity index (χ3v) is 4.22. The van der Waals surface area contributed by atoms with Crippen molar-refractivity contribution in [1.82, 2.24) is 5.32 Å². The third kappa shape index (κ3) is 3.46. The highest BCUT2D eigenvalue weighted by Gasteiger charge is 2.24. The van der Waals surface area contributed by atoms with Crippen LogP contribution in [0.2, 0.25) is 5.02 Å². The van der Waals surface area contributed by atoms with E-state index >= 15 is 0 Å². The van der Waals surface area contributed by atoms with Crippen LogP contribution in [-0.2, 0) is 6.42 Å². The molecule has 2 atom stereocenters. The number of rotatable bonds is 4. The second-order valence-corrected chi connectivity index (χ2v) is 5.56. The summed E-state index contributed by atoms with van der Waals surface area (Å²) in [5.41, 5.74) is 1.08. The van der Waals surface area contributed by atoms with E-state index in [9.17, 15) is 4.39 Å². The number of hydrogen-bond acceptors (Lipinski definition) is 1. The summed E-state index contributed by atoms with van der Waals surface area (Å²) in [6.07, 6.45) is 6.05. The molecule has 0 bridgehead atoms. The van der Waals surface area contributed by atoms with E-state index in [4.69, 9.17) is 11.6 Å². The highest BCUT2D eigenvalue weighted by atomic mass is 35.5. The minimum Gasteiger partial charge on any atom is -0.314 e. The van der Waals surface area contributed by atoms with Crippen LogP contribution in [-0.4, -0.2) is 12.6 Å². The molecular weight excluding hydrogens is 249 g/mol. The first kappa shape index (κ1) is 13.8. The molecule has 1 nitrogen and oxygen atoms in total. The molecule has 0 spiro atoms. The Morgan fingerprint density at radius 1 is 1.33 bits per heavy atom. The maximum absolute atomic E-state index is 13.0. The van der Waals surface area contributed by atoms with Crippen LogP contribution in [0.4, 0.5) is 4.39 Å². The van der Waals surface area contributed by atoms with E-state index in [1.807, 2.05) is 6.07 Å². The van der Waals surface area contributed by atoms with Crippen LogP contribution in [0.3, 0.4) is 0 Å². The first-order chi connectivity index (χ1) is 8.70. The number of hydrogen-bond donors (Lipinski definition) is 1. The fourth-order valence-electron chi connectivity index (χ4n) is 2.95. The maximum Gasteiger partial charge on any atom is 0.124 e. The van der Waals surface area contributed by atoms with E-state index in [2.05, 4.69) is 12.2 Å². The molecule has 1 aliphatic rings. The number of benzene rings is 1. The second-order valence-electron chi connectivity index (χ2n) is 5.15. The van der Waals surface area contributed by atoms with Gasteiger partial charge in [0.25, 0.3) is 0 Å². The van der Waals surface area contributed by atoms with E-state index in [0.29, 0.717) is 17.0 Å². The van der Waals surface area contributed by atoms with Crippen molar-refractivity contribution in [2.24, 2.45) is 5.92 Å². The largest absolute Gasteiger partial charge is 0.314 e. The van der Waals surface area contributed by atoms with Gasteiger partial charge in [-0.1, -0.05) is 37.4 Å². The lowest BCUT2D eigenvalue weighted by Gasteiger charge is -2.32. The summed E-state index contributed by atoms with van der Waals surface area (Å²) in [6, 6.07) is 5.34. The monoisotopic (exact) mass is 269 g/mol. The summed E-state index contributed by atoms with van der Waals surface area (Å²) in [4.78, 5) is 0. The molecule has 3 heteroatoms. The van der Waals surface area contributed by atoms with Gasteiger partial charge in [0, 0.05) is 11.1 Å². The lowest BCUT2D eigenvalue weighted by atomic mass is 9.80. The van der Waals surface area contributed by atoms with Crippen molar-refractivity contribution in [1.29, 1.82) is 0 Å². The van der Waals surface area contributed by atoms with Crippen LogP contribution in [0.5, 0.6) is 0 Å². The first-order valence-corrected chi connectivity index (χ1v) is 7.25. The van der Waals surface area contributed by atoms with Crippen molar-refractivity contribution < 1.29 is 4.39 Å². The minimum absolute atomic E-state index is 0.254. The highest BCUT2D eigenvalue weighted by Crippen LogP contribution is 2.30. The number of nitrogens with one attached hydrogen (secondary N) is 1. The number of halogens is 2. The predicted octanol–water partition coefficient (Wildman–Crippen LogP) is 4.19. The molecule has 0 radical (unpaired) electrons. The summed E-state index contributed by atoms with van der Waals surface area (Å²) in [7, 11) is 0. The zero-order chi connectivity index (χ0) is 13.0. The van der Waals surface area contributed by atoms with E-state index < -0.39 is 0 Å². The predicted molar refractivity (Wildman–Crippen MR) is 74.5 cm³/mol. The van der Waals surface area contributed by atoms with Crippen molar-refractivity contribution in [3.63, 3.8) is 0 Å². The molecule has 100 valence electrons. The summed E-state index contributed by atoms with van der Waals surface area (Å²) < 4.78 is 13.0. The van der Waals surface area contributed by atoms with Crippen LogP contribution in [0.25, 0.3) is 0 Å². The van der Waals surface area contributed by atoms with Gasteiger partial charge in [0.05, 0.1) is 0 Å². The highest BCUT2D eigenvalue weighted by molar-refractivity contribution is 6.31. The molecule has 1 aliphatic carbocycles. The Hall–Kier alpha value is -0.600. The molecule has 0 aromatic heterocycles. The Morgan fingerprint density at radius 2 is 2.11 bits per heavy atom. The zero-order valence-electron chi connectivity index (χ0n) is 10.9. The molecule has 2 rings (SSSR count). The van der Waals surface area contributed by atoms with Crippen molar-refractivity contribution >= 4 is 11.6 Å². The van der Waals surface area contributed by atoms with Crippen LogP contribution < -0.4 is 5.32 Å². The Morgan fingerprint density at radius 3 is 2.83 bits per heavy atom. The van der Waals surface area contributed by atoms with Crippen LogP contribution >= 0.6 is 11.6 Å². The van der Waals surface area contributed by atoms with Crippen molar-refractivity contribution in [2.75, 3.05) is 6.54 Å². The van der Waals surface area contributed by atoms with Crippen molar-refractivity contribution in [3.8, 4) is 0 Å². The van der Waals surface area contributed by atoms with E-state index in [1.54, 1.807) is 0 Å². The zero-order valence-corrected chi connectivity index (χ0v) is 11.6. The topological polar surface area (TPSA) is 12.0 Å². The first-order valence-electron chi connectivity index (χ1n) is 6.88. The molecule has 0 aliphatic heterocycles. The average molecular weight is 270 g/mol. The van der Waals surface area contributed by atoms with Gasteiger partial charge in [-0.3, -0.25) is 0 Å². The molecule has 0 saturated heterocycles. The van der Waals surface area contributed by atoms with E-state index in [0.717, 1.165) is 18.5 Å². The molecular formula is C15H21ClFN. The maximum atomic E-state index is 13.0. The van der Waals surface area contributed by atoms with E-state index in [1.165, 1.54) is 37.8 Å². The van der Waals surface area contributed by atoms with Gasteiger partial charge in [0.2, 0.25) is 0 Å². The Bertz CT molecular complexity index is 392. The smallest absolute Gasteiger partial charge is 0.124 e. The van der Waals surface area contributed by atoms with E-state index in [-0.39, 0.29) is 5.82 Å². The fourth-order valence-corrected chi connectivity index (χ4v) is 3.20. The molecule has 1 aromatic carbocycles. The van der Waals surface area contributed by atoms with Gasteiger partial charge in [0.15, 0.2) is 0 Å². The molecule has 1 aromatic rings. The van der Waals surface area contributed by atoms with Crippen LogP contribution in [0, 0.1) is 11.7 Å². The molecule has 2 unspecified atom stereocenters. The van der Waals surface area contributed by atoms with Crippen molar-refractivity contribution in [3.05, 3.63) is 34.6 Å². The van der Waals surface area contributed by atoms with Gasteiger partial charge in [-0.2, -0.15) is 0 Å². The third-order valence-electron chi connectivity index (χ3n) is 3.87. The van der Waals surface area contributed by atoms with Crippen LogP contribution in [0.1, 0.15) is 38.2 Å². The summed E-state index contributed by atoms with van der Waals surface area (Å²) in [5.74, 6) is 0.372. The Kier molecular flexibility index (Phi) is 5.02. The van der Waals surface area contributed by atoms with Gasteiger partial charge in [-0.25, -0.2) is 4.39 Å². The lowest BCUT2D eigenvalue weighted by Crippen LogP contribution is -2.39. The SMILES string of the molecule is CCNC1CCCCC1Cc1ccc(F)cc1Cl. The van der Waals surface area contributed by atoms with Gasteiger partial charge in [-0.15, -0.1) is 0 Å². The van der Waals surface area contributed by atoms with Crippen LogP contribution in [0.15, 0.2) is 18.2 Å². The second kappa shape index (κ2) is 6.53. The summed E-state index contributed by atoms with van der Waals surface area (Å²) in [6.45, 7) is 3.16. The molecule has 18 heavy (non-hydrogen) atoms. The van der Waals surface area contributed by atoms with Gasteiger partial charge >= 0.3 is 0 Å². The van der Waals surface area contributed by atoms with Gasteiger partial charge in [-0.05, 0) is 49.4 Å². The van der Waals surface area contributed by atoms with Crippen molar-refractivity contribution in [2.45, 2.75) is 45.1 Å². The fraction of sp³-hybridized carbons (Fsp3) is 0.600. The molecule has 1 fully saturated rings. The summed E-state index contributed by atoms with van der Waals surface area (Å²) >= 11 is 6.11. The Balaban J connectivity index is 2.06. The average Bonchev–Trinajstić information content (AvgIpc) is 2.35. The molecule has 0 heterocycles. The molecule has 1 saturated carbocycles. The summed E-state index contributed by atoms with van der Waals surface area (Å²) in [5, 5.41) is 4.13. The molecule has 0 amide bonds. The quantitative estimate of drug-likeness (QED) is 0.864. The minimum atomic E-state index is -0.254.